The number of aryl methyl sites for hydroxylation is 2. The molecular weight excluding hydrogens is 358 g/mol. The first-order valence-electron chi connectivity index (χ1n) is 8.94. The van der Waals surface area contributed by atoms with Crippen LogP contribution >= 0.6 is 11.6 Å². The van der Waals surface area contributed by atoms with Crippen molar-refractivity contribution in [2.75, 3.05) is 6.54 Å². The molecule has 0 bridgehead atoms. The normalized spacial score (nSPS) is 11.2. The smallest absolute Gasteiger partial charge is 0.252 e. The fourth-order valence-corrected chi connectivity index (χ4v) is 3.85. The molecule has 0 atom stereocenters. The number of hydrogen-bond acceptors (Lipinski definition) is 2. The van der Waals surface area contributed by atoms with Gasteiger partial charge in [-0.25, -0.2) is 4.98 Å². The largest absolute Gasteiger partial charge is 0.350 e. The van der Waals surface area contributed by atoms with Crippen molar-refractivity contribution >= 4 is 39.4 Å². The predicted octanol–water partition coefficient (Wildman–Crippen LogP) is 4.89. The summed E-state index contributed by atoms with van der Waals surface area (Å²) in [6.07, 6.45) is 0. The number of hydrogen-bond donors (Lipinski definition) is 1. The lowest BCUT2D eigenvalue weighted by atomic mass is 10.1. The van der Waals surface area contributed by atoms with E-state index in [0.717, 1.165) is 16.9 Å². The van der Waals surface area contributed by atoms with Crippen molar-refractivity contribution in [3.8, 4) is 0 Å². The van der Waals surface area contributed by atoms with E-state index in [4.69, 9.17) is 16.6 Å². The van der Waals surface area contributed by atoms with Crippen LogP contribution in [0.4, 0.5) is 0 Å². The van der Waals surface area contributed by atoms with Gasteiger partial charge in [0.25, 0.3) is 5.91 Å². The van der Waals surface area contributed by atoms with Crippen molar-refractivity contribution in [1.82, 2.24) is 14.9 Å². The minimum atomic E-state index is -0.165. The highest BCUT2D eigenvalue weighted by Crippen LogP contribution is 2.30. The minimum Gasteiger partial charge on any atom is -0.350 e. The maximum absolute atomic E-state index is 12.4. The number of benzene rings is 2. The van der Waals surface area contributed by atoms with Gasteiger partial charge < -0.3 is 9.88 Å². The highest BCUT2D eigenvalue weighted by molar-refractivity contribution is 6.33. The molecule has 1 amide bonds. The molecule has 5 heteroatoms. The lowest BCUT2D eigenvalue weighted by Gasteiger charge is -2.10. The molecule has 0 saturated carbocycles. The number of pyridine rings is 1. The standard InChI is InChI=1S/C22H20ClN3O/c1-14-13-15(2)25-21-20(14)17-8-4-6-10-19(17)26(21)12-11-24-22(27)16-7-3-5-9-18(16)23/h3-10,13H,11-12H2,1-2H3,(H,24,27). The van der Waals surface area contributed by atoms with E-state index in [1.807, 2.05) is 31.2 Å². The summed E-state index contributed by atoms with van der Waals surface area (Å²) in [7, 11) is 0. The number of amides is 1. The Hall–Kier alpha value is -2.85. The summed E-state index contributed by atoms with van der Waals surface area (Å²) in [4.78, 5) is 17.2. The molecule has 27 heavy (non-hydrogen) atoms. The first-order valence-corrected chi connectivity index (χ1v) is 9.32. The fraction of sp³-hybridized carbons (Fsp3) is 0.182. The van der Waals surface area contributed by atoms with Gasteiger partial charge in [-0.15, -0.1) is 0 Å². The summed E-state index contributed by atoms with van der Waals surface area (Å²) >= 11 is 6.11. The van der Waals surface area contributed by atoms with Crippen LogP contribution in [0.25, 0.3) is 21.9 Å². The average Bonchev–Trinajstić information content (AvgIpc) is 2.96. The number of fused-ring (bicyclic) bond motifs is 3. The van der Waals surface area contributed by atoms with Crippen molar-refractivity contribution in [3.63, 3.8) is 0 Å². The van der Waals surface area contributed by atoms with Crippen LogP contribution in [0.5, 0.6) is 0 Å². The summed E-state index contributed by atoms with van der Waals surface area (Å²) in [5.41, 5.74) is 4.78. The second-order valence-electron chi connectivity index (χ2n) is 6.68. The third-order valence-electron chi connectivity index (χ3n) is 4.78. The van der Waals surface area contributed by atoms with Crippen LogP contribution in [-0.2, 0) is 6.54 Å². The van der Waals surface area contributed by atoms with Gasteiger partial charge in [-0.05, 0) is 43.7 Å². The minimum absolute atomic E-state index is 0.165. The van der Waals surface area contributed by atoms with Crippen molar-refractivity contribution in [2.45, 2.75) is 20.4 Å². The van der Waals surface area contributed by atoms with Gasteiger partial charge in [0.2, 0.25) is 0 Å². The van der Waals surface area contributed by atoms with E-state index in [0.29, 0.717) is 23.7 Å². The van der Waals surface area contributed by atoms with Gasteiger partial charge in [0.05, 0.1) is 16.1 Å². The maximum Gasteiger partial charge on any atom is 0.252 e. The monoisotopic (exact) mass is 377 g/mol. The first-order chi connectivity index (χ1) is 13.1. The Morgan fingerprint density at radius 2 is 1.85 bits per heavy atom. The molecule has 4 nitrogen and oxygen atoms in total. The van der Waals surface area contributed by atoms with Gasteiger partial charge in [-0.3, -0.25) is 4.79 Å². The van der Waals surface area contributed by atoms with Gasteiger partial charge in [-0.1, -0.05) is 41.9 Å². The molecule has 0 aliphatic heterocycles. The Kier molecular flexibility index (Phi) is 4.58. The zero-order chi connectivity index (χ0) is 19.0. The van der Waals surface area contributed by atoms with E-state index in [1.54, 1.807) is 12.1 Å². The molecule has 1 N–H and O–H groups in total. The third-order valence-corrected chi connectivity index (χ3v) is 5.11. The highest BCUT2D eigenvalue weighted by Gasteiger charge is 2.14. The number of nitrogens with zero attached hydrogens (tertiary/aromatic N) is 2. The lowest BCUT2D eigenvalue weighted by molar-refractivity contribution is 0.0952. The molecule has 0 aliphatic rings. The topological polar surface area (TPSA) is 46.9 Å². The second kappa shape index (κ2) is 7.05. The summed E-state index contributed by atoms with van der Waals surface area (Å²) in [6, 6.07) is 17.5. The van der Waals surface area contributed by atoms with Crippen LogP contribution < -0.4 is 5.32 Å². The number of carbonyl (C=O) groups is 1. The Labute approximate surface area is 162 Å². The van der Waals surface area contributed by atoms with Crippen LogP contribution in [-0.4, -0.2) is 22.0 Å². The van der Waals surface area contributed by atoms with E-state index < -0.39 is 0 Å². The Morgan fingerprint density at radius 1 is 1.11 bits per heavy atom. The average molecular weight is 378 g/mol. The molecule has 0 saturated heterocycles. The van der Waals surface area contributed by atoms with E-state index in [2.05, 4.69) is 35.0 Å². The second-order valence-corrected chi connectivity index (χ2v) is 7.09. The quantitative estimate of drug-likeness (QED) is 0.550. The third kappa shape index (κ3) is 3.17. The van der Waals surface area contributed by atoms with Crippen molar-refractivity contribution < 1.29 is 4.79 Å². The first kappa shape index (κ1) is 17.6. The Bertz CT molecular complexity index is 1160. The van der Waals surface area contributed by atoms with Gasteiger partial charge in [-0.2, -0.15) is 0 Å². The van der Waals surface area contributed by atoms with Crippen LogP contribution in [0, 0.1) is 13.8 Å². The zero-order valence-electron chi connectivity index (χ0n) is 15.3. The predicted molar refractivity (Wildman–Crippen MR) is 110 cm³/mol. The molecule has 2 heterocycles. The summed E-state index contributed by atoms with van der Waals surface area (Å²) < 4.78 is 2.18. The molecule has 2 aromatic carbocycles. The SMILES string of the molecule is Cc1cc(C)c2c3ccccc3n(CCNC(=O)c3ccccc3Cl)c2n1. The van der Waals surface area contributed by atoms with Crippen molar-refractivity contribution in [3.05, 3.63) is 76.4 Å². The molecule has 0 aliphatic carbocycles. The van der Waals surface area contributed by atoms with E-state index in [9.17, 15) is 4.79 Å². The molecule has 0 fully saturated rings. The zero-order valence-corrected chi connectivity index (χ0v) is 16.0. The molecular formula is C22H20ClN3O. The van der Waals surface area contributed by atoms with E-state index in [1.165, 1.54) is 16.3 Å². The van der Waals surface area contributed by atoms with Gasteiger partial charge >= 0.3 is 0 Å². The number of carbonyl (C=O) groups excluding carboxylic acids is 1. The summed E-state index contributed by atoms with van der Waals surface area (Å²) in [5.74, 6) is -0.165. The van der Waals surface area contributed by atoms with E-state index in [-0.39, 0.29) is 5.91 Å². The van der Waals surface area contributed by atoms with Crippen LogP contribution in [0.15, 0.2) is 54.6 Å². The van der Waals surface area contributed by atoms with Crippen molar-refractivity contribution in [1.29, 1.82) is 0 Å². The molecule has 0 spiro atoms. The fourth-order valence-electron chi connectivity index (χ4n) is 3.63. The summed E-state index contributed by atoms with van der Waals surface area (Å²) in [6.45, 7) is 5.25. The number of rotatable bonds is 4. The lowest BCUT2D eigenvalue weighted by Crippen LogP contribution is -2.27. The molecule has 0 radical (unpaired) electrons. The molecule has 0 unspecified atom stereocenters. The molecule has 2 aromatic heterocycles. The molecule has 4 aromatic rings. The van der Waals surface area contributed by atoms with Gasteiger partial charge in [0, 0.05) is 29.6 Å². The van der Waals surface area contributed by atoms with Crippen LogP contribution in [0.2, 0.25) is 5.02 Å². The Morgan fingerprint density at radius 3 is 2.67 bits per heavy atom. The molecule has 4 rings (SSSR count). The van der Waals surface area contributed by atoms with Crippen molar-refractivity contribution in [2.24, 2.45) is 0 Å². The number of aromatic nitrogens is 2. The number of nitrogens with one attached hydrogen (secondary N) is 1. The summed E-state index contributed by atoms with van der Waals surface area (Å²) in [5, 5.41) is 5.79. The van der Waals surface area contributed by atoms with Crippen LogP contribution in [0.1, 0.15) is 21.6 Å². The van der Waals surface area contributed by atoms with Gasteiger partial charge in [0.15, 0.2) is 0 Å². The maximum atomic E-state index is 12.4. The molecule has 136 valence electrons. The van der Waals surface area contributed by atoms with Crippen LogP contribution in [0.3, 0.4) is 0 Å². The highest BCUT2D eigenvalue weighted by atomic mass is 35.5. The number of para-hydroxylation sites is 1. The van der Waals surface area contributed by atoms with Gasteiger partial charge in [0.1, 0.15) is 5.65 Å². The number of halogens is 1. The Balaban J connectivity index is 1.65. The van der Waals surface area contributed by atoms with E-state index >= 15 is 0 Å².